The number of rotatable bonds is 2. The molecule has 0 bridgehead atoms. The third-order valence-electron chi connectivity index (χ3n) is 3.04. The normalized spacial score (nSPS) is 11.1. The summed E-state index contributed by atoms with van der Waals surface area (Å²) in [6.07, 6.45) is 0. The highest BCUT2D eigenvalue weighted by molar-refractivity contribution is 6.33. The number of halogens is 1. The Balaban J connectivity index is 1.78. The topological polar surface area (TPSA) is 77.8 Å². The second-order valence-electron chi connectivity index (χ2n) is 4.37. The zero-order chi connectivity index (χ0) is 14.2. The maximum atomic E-state index is 6.12. The molecular weight excluding hydrogens is 292 g/mol. The van der Waals surface area contributed by atoms with E-state index in [0.717, 1.165) is 5.56 Å². The molecular formula is C14H7ClN4O2. The largest absolute Gasteiger partial charge is 0.334 e. The lowest BCUT2D eigenvalue weighted by Gasteiger charge is -1.96. The number of hydrogen-bond donors (Lipinski definition) is 0. The van der Waals surface area contributed by atoms with Gasteiger partial charge in [-0.2, -0.15) is 4.98 Å². The monoisotopic (exact) mass is 298 g/mol. The van der Waals surface area contributed by atoms with E-state index in [2.05, 4.69) is 25.1 Å². The Morgan fingerprint density at radius 3 is 2.67 bits per heavy atom. The third kappa shape index (κ3) is 2.05. The van der Waals surface area contributed by atoms with Crippen LogP contribution in [0.2, 0.25) is 5.02 Å². The maximum absolute atomic E-state index is 6.12. The molecule has 0 amide bonds. The average molecular weight is 299 g/mol. The van der Waals surface area contributed by atoms with E-state index in [9.17, 15) is 0 Å². The van der Waals surface area contributed by atoms with Crippen molar-refractivity contribution in [2.45, 2.75) is 0 Å². The van der Waals surface area contributed by atoms with Gasteiger partial charge in [0.1, 0.15) is 11.0 Å². The van der Waals surface area contributed by atoms with Crippen molar-refractivity contribution < 1.29 is 9.15 Å². The number of nitrogens with zero attached hydrogens (tertiary/aromatic N) is 4. The number of fused-ring (bicyclic) bond motifs is 1. The van der Waals surface area contributed by atoms with Crippen LogP contribution in [0.5, 0.6) is 0 Å². The Bertz CT molecular complexity index is 931. The van der Waals surface area contributed by atoms with Gasteiger partial charge in [-0.1, -0.05) is 28.9 Å². The lowest BCUT2D eigenvalue weighted by atomic mass is 10.2. The summed E-state index contributed by atoms with van der Waals surface area (Å²) in [5.74, 6) is 0.823. The zero-order valence-electron chi connectivity index (χ0n) is 10.5. The SMILES string of the molecule is Clc1ccccc1-c1nc(-c2ccc3nonc3c2)no1. The highest BCUT2D eigenvalue weighted by Gasteiger charge is 2.14. The van der Waals surface area contributed by atoms with Crippen molar-refractivity contribution in [2.24, 2.45) is 0 Å². The van der Waals surface area contributed by atoms with Crippen molar-refractivity contribution >= 4 is 22.6 Å². The van der Waals surface area contributed by atoms with Crippen LogP contribution >= 0.6 is 11.6 Å². The van der Waals surface area contributed by atoms with Crippen molar-refractivity contribution in [3.8, 4) is 22.8 Å². The molecule has 0 saturated heterocycles. The first-order valence-electron chi connectivity index (χ1n) is 6.12. The van der Waals surface area contributed by atoms with Gasteiger partial charge in [0.05, 0.1) is 10.6 Å². The van der Waals surface area contributed by atoms with Gasteiger partial charge in [-0.3, -0.25) is 0 Å². The van der Waals surface area contributed by atoms with E-state index in [1.54, 1.807) is 18.2 Å². The van der Waals surface area contributed by atoms with Crippen molar-refractivity contribution in [1.29, 1.82) is 0 Å². The molecule has 0 radical (unpaired) electrons. The highest BCUT2D eigenvalue weighted by Crippen LogP contribution is 2.28. The van der Waals surface area contributed by atoms with Crippen LogP contribution in [-0.2, 0) is 0 Å². The van der Waals surface area contributed by atoms with Gasteiger partial charge in [-0.15, -0.1) is 0 Å². The van der Waals surface area contributed by atoms with Crippen molar-refractivity contribution in [2.75, 3.05) is 0 Å². The standard InChI is InChI=1S/C14H7ClN4O2/c15-10-4-2-1-3-9(10)14-16-13(19-20-14)8-5-6-11-12(7-8)18-21-17-11/h1-7H. The third-order valence-corrected chi connectivity index (χ3v) is 3.37. The molecule has 0 unspecified atom stereocenters. The molecule has 2 aromatic heterocycles. The molecule has 2 aromatic carbocycles. The first-order chi connectivity index (χ1) is 10.3. The van der Waals surface area contributed by atoms with Crippen molar-refractivity contribution in [3.05, 3.63) is 47.5 Å². The van der Waals surface area contributed by atoms with Gasteiger partial charge in [0.2, 0.25) is 5.82 Å². The summed E-state index contributed by atoms with van der Waals surface area (Å²) in [6.45, 7) is 0. The van der Waals surface area contributed by atoms with Crippen LogP contribution in [0, 0.1) is 0 Å². The van der Waals surface area contributed by atoms with Gasteiger partial charge in [-0.25, -0.2) is 4.63 Å². The summed E-state index contributed by atoms with van der Waals surface area (Å²) in [5.41, 5.74) is 2.77. The molecule has 0 atom stereocenters. The molecule has 4 aromatic rings. The van der Waals surface area contributed by atoms with Gasteiger partial charge in [0.25, 0.3) is 5.89 Å². The van der Waals surface area contributed by atoms with Crippen LogP contribution in [0.3, 0.4) is 0 Å². The fourth-order valence-corrected chi connectivity index (χ4v) is 2.22. The molecule has 0 spiro atoms. The summed E-state index contributed by atoms with van der Waals surface area (Å²) in [6, 6.07) is 12.7. The smallest absolute Gasteiger partial charge is 0.259 e. The quantitative estimate of drug-likeness (QED) is 0.562. The minimum absolute atomic E-state index is 0.369. The number of hydrogen-bond acceptors (Lipinski definition) is 6. The number of aromatic nitrogens is 4. The van der Waals surface area contributed by atoms with Crippen LogP contribution in [0.4, 0.5) is 0 Å². The zero-order valence-corrected chi connectivity index (χ0v) is 11.3. The second kappa shape index (κ2) is 4.68. The van der Waals surface area contributed by atoms with Crippen molar-refractivity contribution in [1.82, 2.24) is 20.5 Å². The highest BCUT2D eigenvalue weighted by atomic mass is 35.5. The van der Waals surface area contributed by atoms with Gasteiger partial charge < -0.3 is 4.52 Å². The summed E-state index contributed by atoms with van der Waals surface area (Å²) in [5, 5.41) is 12.1. The van der Waals surface area contributed by atoms with E-state index in [1.807, 2.05) is 24.3 Å². The predicted octanol–water partition coefficient (Wildman–Crippen LogP) is 3.59. The van der Waals surface area contributed by atoms with Crippen LogP contribution in [-0.4, -0.2) is 20.5 Å². The molecule has 0 fully saturated rings. The van der Waals surface area contributed by atoms with E-state index in [1.165, 1.54) is 0 Å². The van der Waals surface area contributed by atoms with Crippen LogP contribution in [0.25, 0.3) is 33.9 Å². The summed E-state index contributed by atoms with van der Waals surface area (Å²) < 4.78 is 9.94. The Morgan fingerprint density at radius 1 is 0.905 bits per heavy atom. The molecule has 102 valence electrons. The fraction of sp³-hybridized carbons (Fsp3) is 0. The molecule has 21 heavy (non-hydrogen) atoms. The summed E-state index contributed by atoms with van der Waals surface area (Å²) >= 11 is 6.12. The van der Waals surface area contributed by atoms with E-state index < -0.39 is 0 Å². The van der Waals surface area contributed by atoms with Gasteiger partial charge >= 0.3 is 0 Å². The van der Waals surface area contributed by atoms with Gasteiger partial charge in [0.15, 0.2) is 0 Å². The van der Waals surface area contributed by atoms with Crippen LogP contribution < -0.4 is 0 Å². The van der Waals surface area contributed by atoms with Crippen LogP contribution in [0.1, 0.15) is 0 Å². The Morgan fingerprint density at radius 2 is 1.76 bits per heavy atom. The molecule has 0 aliphatic heterocycles. The minimum Gasteiger partial charge on any atom is -0.334 e. The molecule has 4 rings (SSSR count). The predicted molar refractivity (Wildman–Crippen MR) is 75.5 cm³/mol. The van der Waals surface area contributed by atoms with Crippen LogP contribution in [0.15, 0.2) is 51.6 Å². The molecule has 0 N–H and O–H groups in total. The molecule has 0 aliphatic rings. The Hall–Kier alpha value is -2.73. The van der Waals surface area contributed by atoms with Gasteiger partial charge in [0, 0.05) is 5.56 Å². The second-order valence-corrected chi connectivity index (χ2v) is 4.78. The fourth-order valence-electron chi connectivity index (χ4n) is 2.01. The molecule has 0 saturated carbocycles. The average Bonchev–Trinajstić information content (AvgIpc) is 3.16. The number of benzene rings is 2. The molecule has 6 nitrogen and oxygen atoms in total. The Kier molecular flexibility index (Phi) is 2.68. The van der Waals surface area contributed by atoms with Gasteiger partial charge in [-0.05, 0) is 40.6 Å². The molecule has 0 aliphatic carbocycles. The minimum atomic E-state index is 0.369. The van der Waals surface area contributed by atoms with E-state index in [-0.39, 0.29) is 0 Å². The van der Waals surface area contributed by atoms with E-state index in [4.69, 9.17) is 16.1 Å². The first kappa shape index (κ1) is 12.0. The summed E-state index contributed by atoms with van der Waals surface area (Å²) in [7, 11) is 0. The van der Waals surface area contributed by atoms with E-state index >= 15 is 0 Å². The first-order valence-corrected chi connectivity index (χ1v) is 6.50. The lowest BCUT2D eigenvalue weighted by molar-refractivity contribution is 0.315. The maximum Gasteiger partial charge on any atom is 0.259 e. The Labute approximate surface area is 123 Å². The van der Waals surface area contributed by atoms with E-state index in [0.29, 0.717) is 33.3 Å². The lowest BCUT2D eigenvalue weighted by Crippen LogP contribution is -1.82. The molecule has 7 heteroatoms. The molecule has 2 heterocycles. The summed E-state index contributed by atoms with van der Waals surface area (Å²) in [4.78, 5) is 4.36. The van der Waals surface area contributed by atoms with Crippen molar-refractivity contribution in [3.63, 3.8) is 0 Å².